The number of hydrogen-bond donors (Lipinski definition) is 2. The summed E-state index contributed by atoms with van der Waals surface area (Å²) in [4.78, 5) is 22.1. The highest BCUT2D eigenvalue weighted by Gasteiger charge is 2.42. The molecule has 0 fully saturated rings. The van der Waals surface area contributed by atoms with Crippen LogP contribution in [0.1, 0.15) is 21.6 Å². The van der Waals surface area contributed by atoms with Crippen LogP contribution in [0.15, 0.2) is 54.1 Å². The number of rotatable bonds is 4. The standard InChI is InChI=1S/C19H12F3N11O/c20-19(21,22)16-13(9-28-32(16)15-3-1-2-14-25-10-29-31(14)15)18(34)30-12-6-11(7-23)17(24-8-12)33-26-4-5-27-33/h1-6,8-9,29H,10H2,(H,30,34). The summed E-state index contributed by atoms with van der Waals surface area (Å²) in [7, 11) is 0. The maximum Gasteiger partial charge on any atom is 0.434 e. The number of aromatic nitrogens is 6. The molecule has 15 heteroatoms. The van der Waals surface area contributed by atoms with Gasteiger partial charge in [0.2, 0.25) is 0 Å². The van der Waals surface area contributed by atoms with Crippen LogP contribution < -0.4 is 10.7 Å². The zero-order valence-electron chi connectivity index (χ0n) is 16.9. The fraction of sp³-hybridized carbons (Fsp3) is 0.105. The number of alkyl halides is 3. The molecule has 3 aromatic heterocycles. The van der Waals surface area contributed by atoms with Crippen molar-refractivity contribution in [2.75, 3.05) is 12.0 Å². The molecular formula is C19H12F3N11O. The van der Waals surface area contributed by atoms with E-state index in [9.17, 15) is 23.2 Å². The van der Waals surface area contributed by atoms with Gasteiger partial charge in [-0.15, -0.1) is 4.80 Å². The highest BCUT2D eigenvalue weighted by atomic mass is 19.4. The molecule has 0 spiro atoms. The third-order valence-electron chi connectivity index (χ3n) is 4.77. The van der Waals surface area contributed by atoms with Crippen molar-refractivity contribution in [3.8, 4) is 11.9 Å². The number of halogens is 3. The van der Waals surface area contributed by atoms with Crippen LogP contribution in [0.2, 0.25) is 0 Å². The zero-order valence-corrected chi connectivity index (χ0v) is 16.9. The van der Waals surface area contributed by atoms with Gasteiger partial charge in [-0.25, -0.2) is 25.1 Å². The third kappa shape index (κ3) is 3.57. The molecule has 2 aliphatic heterocycles. The summed E-state index contributed by atoms with van der Waals surface area (Å²) in [6.07, 6.45) is 4.43. The molecule has 0 bridgehead atoms. The molecule has 3 aromatic rings. The molecule has 0 saturated heterocycles. The number of aliphatic imine (C=N–C) groups is 1. The number of pyridine rings is 1. The Morgan fingerprint density at radius 1 is 1.21 bits per heavy atom. The van der Waals surface area contributed by atoms with Crippen molar-refractivity contribution in [2.24, 2.45) is 4.99 Å². The van der Waals surface area contributed by atoms with Gasteiger partial charge < -0.3 is 5.32 Å². The van der Waals surface area contributed by atoms with E-state index in [-0.39, 0.29) is 29.6 Å². The lowest BCUT2D eigenvalue weighted by Crippen LogP contribution is -2.39. The minimum atomic E-state index is -4.91. The third-order valence-corrected chi connectivity index (χ3v) is 4.77. The smallest absolute Gasteiger partial charge is 0.320 e. The second kappa shape index (κ2) is 7.94. The van der Waals surface area contributed by atoms with Crippen molar-refractivity contribution in [2.45, 2.75) is 6.18 Å². The van der Waals surface area contributed by atoms with E-state index in [0.29, 0.717) is 10.5 Å². The van der Waals surface area contributed by atoms with Crippen molar-refractivity contribution in [3.63, 3.8) is 0 Å². The monoisotopic (exact) mass is 467 g/mol. The summed E-state index contributed by atoms with van der Waals surface area (Å²) in [6.45, 7) is 0.186. The van der Waals surface area contributed by atoms with Crippen LogP contribution in [0.5, 0.6) is 0 Å². The van der Waals surface area contributed by atoms with E-state index in [1.807, 2.05) is 6.07 Å². The van der Waals surface area contributed by atoms with E-state index < -0.39 is 23.3 Å². The maximum absolute atomic E-state index is 14.0. The summed E-state index contributed by atoms with van der Waals surface area (Å²) in [5, 5.41) is 24.7. The van der Waals surface area contributed by atoms with Gasteiger partial charge in [0, 0.05) is 0 Å². The number of allylic oxidation sites excluding steroid dienone is 2. The predicted molar refractivity (Wildman–Crippen MR) is 110 cm³/mol. The Kier molecular flexibility index (Phi) is 4.91. The molecule has 0 aliphatic carbocycles. The molecule has 170 valence electrons. The number of carbonyl (C=O) groups is 1. The number of nitrogens with zero attached hydrogens (tertiary/aromatic N) is 9. The number of carbonyl (C=O) groups excluding carboxylic acids is 1. The van der Waals surface area contributed by atoms with Crippen LogP contribution in [0, 0.1) is 11.3 Å². The molecule has 0 radical (unpaired) electrons. The molecule has 0 atom stereocenters. The van der Waals surface area contributed by atoms with Crippen molar-refractivity contribution < 1.29 is 18.0 Å². The van der Waals surface area contributed by atoms with Crippen molar-refractivity contribution in [1.82, 2.24) is 40.2 Å². The van der Waals surface area contributed by atoms with Gasteiger partial charge in [0.1, 0.15) is 24.1 Å². The normalized spacial score (nSPS) is 14.9. The number of hydrogen-bond acceptors (Lipinski definition) is 9. The lowest BCUT2D eigenvalue weighted by molar-refractivity contribution is -0.143. The van der Waals surface area contributed by atoms with Crippen molar-refractivity contribution in [1.29, 1.82) is 5.26 Å². The Bertz CT molecular complexity index is 1410. The van der Waals surface area contributed by atoms with Gasteiger partial charge in [0.25, 0.3) is 5.91 Å². The summed E-state index contributed by atoms with van der Waals surface area (Å²) in [5.41, 5.74) is 0.854. The van der Waals surface area contributed by atoms with E-state index in [4.69, 9.17) is 0 Å². The molecule has 1 amide bonds. The number of fused-ring (bicyclic) bond motifs is 1. The first kappa shape index (κ1) is 21.0. The van der Waals surface area contributed by atoms with Crippen molar-refractivity contribution in [3.05, 3.63) is 65.9 Å². The first-order chi connectivity index (χ1) is 16.4. The average Bonchev–Trinajstić information content (AvgIpc) is 3.58. The highest BCUT2D eigenvalue weighted by Crippen LogP contribution is 2.35. The summed E-state index contributed by atoms with van der Waals surface area (Å²) >= 11 is 0. The van der Waals surface area contributed by atoms with Gasteiger partial charge in [-0.05, 0) is 18.2 Å². The fourth-order valence-electron chi connectivity index (χ4n) is 3.38. The molecular weight excluding hydrogens is 455 g/mol. The van der Waals surface area contributed by atoms with E-state index >= 15 is 0 Å². The van der Waals surface area contributed by atoms with Crippen LogP contribution in [0.25, 0.3) is 11.6 Å². The summed E-state index contributed by atoms with van der Waals surface area (Å²) in [5.74, 6) is -0.546. The Balaban J connectivity index is 1.48. The van der Waals surface area contributed by atoms with Crippen LogP contribution in [-0.4, -0.2) is 53.2 Å². The minimum Gasteiger partial charge on any atom is -0.320 e. The number of nitriles is 1. The van der Waals surface area contributed by atoms with E-state index in [1.165, 1.54) is 41.8 Å². The summed E-state index contributed by atoms with van der Waals surface area (Å²) < 4.78 is 42.7. The highest BCUT2D eigenvalue weighted by molar-refractivity contribution is 6.05. The Hall–Kier alpha value is -4.84. The molecule has 2 aliphatic rings. The van der Waals surface area contributed by atoms with E-state index in [1.54, 1.807) is 6.08 Å². The molecule has 5 heterocycles. The number of amides is 1. The first-order valence-electron chi connectivity index (χ1n) is 9.57. The number of hydrazine groups is 1. The van der Waals surface area contributed by atoms with E-state index in [0.717, 1.165) is 11.0 Å². The first-order valence-corrected chi connectivity index (χ1v) is 9.57. The van der Waals surface area contributed by atoms with Gasteiger partial charge in [-0.3, -0.25) is 4.79 Å². The molecule has 5 rings (SSSR count). The van der Waals surface area contributed by atoms with Gasteiger partial charge in [0.15, 0.2) is 17.3 Å². The molecule has 0 saturated carbocycles. The molecule has 2 N–H and O–H groups in total. The molecule has 12 nitrogen and oxygen atoms in total. The second-order valence-electron chi connectivity index (χ2n) is 6.85. The topological polar surface area (TPSA) is 142 Å². The van der Waals surface area contributed by atoms with E-state index in [2.05, 4.69) is 36.0 Å². The number of anilines is 1. The molecule has 0 unspecified atom stereocenters. The second-order valence-corrected chi connectivity index (χ2v) is 6.85. The fourth-order valence-corrected chi connectivity index (χ4v) is 3.38. The Labute approximate surface area is 188 Å². The molecule has 34 heavy (non-hydrogen) atoms. The SMILES string of the molecule is N#Cc1cc(NC(=O)c2cnn(C3=CC=CC4=NCNN34)c2C(F)(F)F)cnc1-n1nccn1. The maximum atomic E-state index is 14.0. The van der Waals surface area contributed by atoms with Crippen molar-refractivity contribution >= 4 is 23.3 Å². The number of nitrogens with one attached hydrogen (secondary N) is 2. The van der Waals surface area contributed by atoms with Gasteiger partial charge >= 0.3 is 6.18 Å². The summed E-state index contributed by atoms with van der Waals surface area (Å²) in [6, 6.07) is 3.15. The lowest BCUT2D eigenvalue weighted by Gasteiger charge is -2.25. The largest absolute Gasteiger partial charge is 0.434 e. The van der Waals surface area contributed by atoms with Crippen LogP contribution >= 0.6 is 0 Å². The lowest BCUT2D eigenvalue weighted by atomic mass is 10.2. The quantitative estimate of drug-likeness (QED) is 0.589. The Morgan fingerprint density at radius 3 is 2.74 bits per heavy atom. The molecule has 0 aromatic carbocycles. The van der Waals surface area contributed by atoms with Gasteiger partial charge in [0.05, 0.1) is 36.0 Å². The van der Waals surface area contributed by atoms with Gasteiger partial charge in [-0.1, -0.05) is 6.08 Å². The van der Waals surface area contributed by atoms with Crippen LogP contribution in [-0.2, 0) is 6.18 Å². The number of amidine groups is 1. The zero-order chi connectivity index (χ0) is 23.9. The van der Waals surface area contributed by atoms with Crippen LogP contribution in [0.4, 0.5) is 18.9 Å². The van der Waals surface area contributed by atoms with Crippen LogP contribution in [0.3, 0.4) is 0 Å². The average molecular weight is 467 g/mol. The van der Waals surface area contributed by atoms with Gasteiger partial charge in [-0.2, -0.15) is 33.7 Å². The predicted octanol–water partition coefficient (Wildman–Crippen LogP) is 1.55. The minimum absolute atomic E-state index is 0.00631. The Morgan fingerprint density at radius 2 is 2.00 bits per heavy atom.